The zero-order chi connectivity index (χ0) is 18.0. The van der Waals surface area contributed by atoms with E-state index in [0.29, 0.717) is 22.7 Å². The van der Waals surface area contributed by atoms with Crippen LogP contribution in [0.1, 0.15) is 72.1 Å². The summed E-state index contributed by atoms with van der Waals surface area (Å²) in [6, 6.07) is 0.688. The number of carbonyl (C=O) groups is 1. The minimum Gasteiger partial charge on any atom is -0.306 e. The van der Waals surface area contributed by atoms with Crippen molar-refractivity contribution in [2.75, 3.05) is 14.1 Å². The molecule has 0 aliphatic heterocycles. The molecule has 0 heterocycles. The quantitative estimate of drug-likeness (QED) is 0.696. The van der Waals surface area contributed by atoms with Gasteiger partial charge in [0.15, 0.2) is 5.78 Å². The van der Waals surface area contributed by atoms with Gasteiger partial charge >= 0.3 is 0 Å². The highest BCUT2D eigenvalue weighted by Crippen LogP contribution is 2.67. The van der Waals surface area contributed by atoms with Gasteiger partial charge < -0.3 is 4.90 Å². The number of allylic oxidation sites excluding steroid dienone is 1. The highest BCUT2D eigenvalue weighted by Gasteiger charge is 2.59. The molecule has 2 heteroatoms. The third-order valence-corrected chi connectivity index (χ3v) is 9.43. The van der Waals surface area contributed by atoms with Crippen molar-refractivity contribution >= 4 is 5.78 Å². The fraction of sp³-hybridized carbons (Fsp3) is 0.870. The molecule has 0 radical (unpaired) electrons. The van der Waals surface area contributed by atoms with Gasteiger partial charge in [-0.3, -0.25) is 4.79 Å². The lowest BCUT2D eigenvalue weighted by atomic mass is 9.46. The second kappa shape index (κ2) is 5.94. The van der Waals surface area contributed by atoms with E-state index in [9.17, 15) is 4.79 Å². The molecule has 0 aromatic rings. The van der Waals surface area contributed by atoms with E-state index in [2.05, 4.69) is 39.8 Å². The predicted octanol–water partition coefficient (Wildman–Crippen LogP) is 5.08. The van der Waals surface area contributed by atoms with Crippen LogP contribution in [-0.2, 0) is 4.79 Å². The largest absolute Gasteiger partial charge is 0.306 e. The van der Waals surface area contributed by atoms with Crippen LogP contribution in [0.25, 0.3) is 0 Å². The second-order valence-corrected chi connectivity index (χ2v) is 10.4. The minimum atomic E-state index is 0.323. The number of ketones is 1. The molecule has 2 nitrogen and oxygen atoms in total. The number of carbonyl (C=O) groups excluding carboxylic acids is 1. The van der Waals surface area contributed by atoms with Crippen LogP contribution in [0.3, 0.4) is 0 Å². The first-order valence-corrected chi connectivity index (χ1v) is 10.7. The Bertz CT molecular complexity index is 593. The molecular weight excluding hydrogens is 306 g/mol. The first-order valence-electron chi connectivity index (χ1n) is 10.7. The van der Waals surface area contributed by atoms with Gasteiger partial charge in [0.25, 0.3) is 0 Å². The summed E-state index contributed by atoms with van der Waals surface area (Å²) in [4.78, 5) is 14.4. The van der Waals surface area contributed by atoms with Crippen LogP contribution in [0.4, 0.5) is 0 Å². The van der Waals surface area contributed by atoms with E-state index in [4.69, 9.17) is 0 Å². The van der Waals surface area contributed by atoms with Crippen LogP contribution in [0.5, 0.6) is 0 Å². The van der Waals surface area contributed by atoms with Crippen LogP contribution in [0.2, 0.25) is 0 Å². The highest BCUT2D eigenvalue weighted by atomic mass is 16.1. The van der Waals surface area contributed by atoms with Gasteiger partial charge in [-0.05, 0) is 107 Å². The molecule has 0 saturated heterocycles. The van der Waals surface area contributed by atoms with Gasteiger partial charge in [-0.1, -0.05) is 19.4 Å². The monoisotopic (exact) mass is 343 g/mol. The van der Waals surface area contributed by atoms with Crippen molar-refractivity contribution < 1.29 is 4.79 Å². The fourth-order valence-electron chi connectivity index (χ4n) is 7.75. The van der Waals surface area contributed by atoms with E-state index in [-0.39, 0.29) is 0 Å². The van der Waals surface area contributed by atoms with Crippen molar-refractivity contribution in [3.05, 3.63) is 11.6 Å². The lowest BCUT2D eigenvalue weighted by Crippen LogP contribution is -2.52. The van der Waals surface area contributed by atoms with Gasteiger partial charge in [-0.15, -0.1) is 0 Å². The van der Waals surface area contributed by atoms with E-state index in [0.717, 1.165) is 36.5 Å². The molecule has 0 bridgehead atoms. The van der Waals surface area contributed by atoms with Gasteiger partial charge in [-0.2, -0.15) is 0 Å². The van der Waals surface area contributed by atoms with Crippen LogP contribution in [-0.4, -0.2) is 30.8 Å². The Kier molecular flexibility index (Phi) is 4.22. The van der Waals surface area contributed by atoms with Crippen LogP contribution in [0, 0.1) is 34.5 Å². The zero-order valence-electron chi connectivity index (χ0n) is 17.0. The second-order valence-electron chi connectivity index (χ2n) is 10.4. The van der Waals surface area contributed by atoms with Crippen molar-refractivity contribution in [3.63, 3.8) is 0 Å². The zero-order valence-corrected chi connectivity index (χ0v) is 17.0. The van der Waals surface area contributed by atoms with Crippen LogP contribution >= 0.6 is 0 Å². The molecule has 0 aromatic heterocycles. The van der Waals surface area contributed by atoms with Crippen molar-refractivity contribution in [3.8, 4) is 0 Å². The van der Waals surface area contributed by atoms with E-state index in [1.54, 1.807) is 0 Å². The van der Waals surface area contributed by atoms with Gasteiger partial charge in [0.2, 0.25) is 0 Å². The smallest absolute Gasteiger partial charge is 0.155 e. The average Bonchev–Trinajstić information content (AvgIpc) is 2.92. The molecule has 4 rings (SSSR count). The molecule has 0 amide bonds. The number of fused-ring (bicyclic) bond motifs is 5. The van der Waals surface area contributed by atoms with Crippen molar-refractivity contribution in [1.82, 2.24) is 4.90 Å². The third-order valence-electron chi connectivity index (χ3n) is 9.43. The van der Waals surface area contributed by atoms with Gasteiger partial charge in [0.1, 0.15) is 0 Å². The van der Waals surface area contributed by atoms with Crippen LogP contribution in [0.15, 0.2) is 11.6 Å². The summed E-state index contributed by atoms with van der Waals surface area (Å²) < 4.78 is 0. The summed E-state index contributed by atoms with van der Waals surface area (Å²) in [5.74, 6) is 3.87. The number of rotatable bonds is 2. The lowest BCUT2D eigenvalue weighted by Gasteiger charge is -2.58. The molecule has 0 aromatic carbocycles. The third kappa shape index (κ3) is 2.50. The van der Waals surface area contributed by atoms with Crippen molar-refractivity contribution in [1.29, 1.82) is 0 Å². The Balaban J connectivity index is 1.62. The summed E-state index contributed by atoms with van der Waals surface area (Å²) in [6.07, 6.45) is 12.1. The minimum absolute atomic E-state index is 0.323. The van der Waals surface area contributed by atoms with Crippen molar-refractivity contribution in [2.24, 2.45) is 34.5 Å². The fourth-order valence-corrected chi connectivity index (χ4v) is 7.75. The van der Waals surface area contributed by atoms with E-state index < -0.39 is 0 Å². The van der Waals surface area contributed by atoms with Crippen molar-refractivity contribution in [2.45, 2.75) is 78.2 Å². The molecule has 3 saturated carbocycles. The molecular formula is C23H37NO. The van der Waals surface area contributed by atoms with Gasteiger partial charge in [-0.25, -0.2) is 0 Å². The van der Waals surface area contributed by atoms with Crippen LogP contribution < -0.4 is 0 Å². The van der Waals surface area contributed by atoms with Gasteiger partial charge in [0, 0.05) is 12.5 Å². The average molecular weight is 344 g/mol. The Morgan fingerprint density at radius 3 is 2.52 bits per heavy atom. The molecule has 25 heavy (non-hydrogen) atoms. The maximum Gasteiger partial charge on any atom is 0.155 e. The molecule has 3 fully saturated rings. The normalized spacial score (nSPS) is 47.8. The number of hydrogen-bond acceptors (Lipinski definition) is 2. The topological polar surface area (TPSA) is 20.3 Å². The van der Waals surface area contributed by atoms with E-state index in [1.807, 2.05) is 6.08 Å². The predicted molar refractivity (Wildman–Crippen MR) is 103 cm³/mol. The lowest BCUT2D eigenvalue weighted by molar-refractivity contribution is -0.117. The highest BCUT2D eigenvalue weighted by molar-refractivity contribution is 5.91. The van der Waals surface area contributed by atoms with E-state index >= 15 is 0 Å². The summed E-state index contributed by atoms with van der Waals surface area (Å²) in [5, 5.41) is 0. The van der Waals surface area contributed by atoms with Gasteiger partial charge in [0.05, 0.1) is 0 Å². The molecule has 140 valence electrons. The first-order chi connectivity index (χ1) is 11.8. The van der Waals surface area contributed by atoms with E-state index in [1.165, 1.54) is 44.1 Å². The molecule has 7 atom stereocenters. The molecule has 4 aliphatic carbocycles. The summed E-state index contributed by atoms with van der Waals surface area (Å²) >= 11 is 0. The molecule has 0 N–H and O–H groups in total. The number of nitrogens with zero attached hydrogens (tertiary/aromatic N) is 1. The summed E-state index contributed by atoms with van der Waals surface area (Å²) in [6.45, 7) is 7.57. The Hall–Kier alpha value is -0.630. The maximum atomic E-state index is 12.0. The summed E-state index contributed by atoms with van der Waals surface area (Å²) in [5.41, 5.74) is 2.36. The molecule has 0 unspecified atom stereocenters. The Morgan fingerprint density at radius 1 is 1.04 bits per heavy atom. The maximum absolute atomic E-state index is 12.0. The first kappa shape index (κ1) is 17.8. The summed E-state index contributed by atoms with van der Waals surface area (Å²) in [7, 11) is 4.51. The molecule has 4 aliphatic rings. The Labute approximate surface area is 154 Å². The molecule has 0 spiro atoms. The Morgan fingerprint density at radius 2 is 1.80 bits per heavy atom. The SMILES string of the molecule is C[C@@H]([C@H]1CC[C@H]2[C@@H]3CCC4=CC(=O)CC[C@]4(C)[C@H]3CC[C@]12C)N(C)C. The number of hydrogen-bond donors (Lipinski definition) is 0. The standard InChI is InChI=1S/C23H37NO/c1-15(24(4)5)19-8-9-20-18-7-6-16-14-17(25)10-12-22(16,2)21(18)11-13-23(19,20)3/h14-15,18-21H,6-13H2,1-5H3/t15-,18-,19+,20-,21-,22-,23+/m0/s1.